The molecule has 5 heteroatoms. The molecule has 0 aliphatic heterocycles. The van der Waals surface area contributed by atoms with Crippen LogP contribution in [0.3, 0.4) is 0 Å². The van der Waals surface area contributed by atoms with E-state index in [1.807, 2.05) is 12.1 Å². The van der Waals surface area contributed by atoms with Crippen LogP contribution < -0.4 is 15.2 Å². The number of rotatable bonds is 6. The number of halogens is 2. The number of hydrogen-bond acceptors (Lipinski definition) is 3. The highest BCUT2D eigenvalue weighted by molar-refractivity contribution is 9.10. The lowest BCUT2D eigenvalue weighted by Gasteiger charge is -2.18. The third-order valence-corrected chi connectivity index (χ3v) is 3.58. The molecule has 0 bridgehead atoms. The van der Waals surface area contributed by atoms with E-state index >= 15 is 0 Å². The molecule has 1 atom stereocenters. The largest absolute Gasteiger partial charge is 0.496 e. The number of hydrogen-bond donors (Lipinski definition) is 1. The Morgan fingerprint density at radius 2 is 1.68 bits per heavy atom. The Kier molecular flexibility index (Phi) is 8.46. The molecule has 1 aromatic carbocycles. The first-order valence-corrected chi connectivity index (χ1v) is 6.95. The molecule has 0 amide bonds. The minimum absolute atomic E-state index is 0. The molecule has 0 unspecified atom stereocenters. The fourth-order valence-electron chi connectivity index (χ4n) is 1.84. The Hall–Kier alpha value is -0.450. The quantitative estimate of drug-likeness (QED) is 0.829. The first-order chi connectivity index (χ1) is 8.49. The molecule has 19 heavy (non-hydrogen) atoms. The highest BCUT2D eigenvalue weighted by atomic mass is 79.9. The van der Waals surface area contributed by atoms with E-state index in [1.165, 1.54) is 0 Å². The van der Waals surface area contributed by atoms with E-state index in [-0.39, 0.29) is 18.4 Å². The number of methoxy groups -OCH3 is 2. The topological polar surface area (TPSA) is 44.5 Å². The zero-order valence-electron chi connectivity index (χ0n) is 11.9. The maximum absolute atomic E-state index is 6.24. The van der Waals surface area contributed by atoms with Gasteiger partial charge in [0.1, 0.15) is 11.5 Å². The van der Waals surface area contributed by atoms with E-state index < -0.39 is 0 Å². The van der Waals surface area contributed by atoms with Crippen LogP contribution in [-0.4, -0.2) is 14.2 Å². The molecule has 0 radical (unpaired) electrons. The molecule has 0 fully saturated rings. The number of nitrogens with two attached hydrogens (primary N) is 1. The molecule has 0 saturated carbocycles. The number of ether oxygens (including phenoxy) is 2. The maximum atomic E-state index is 6.24. The van der Waals surface area contributed by atoms with Gasteiger partial charge >= 0.3 is 0 Å². The van der Waals surface area contributed by atoms with Crippen molar-refractivity contribution in [3.8, 4) is 11.5 Å². The monoisotopic (exact) mass is 351 g/mol. The van der Waals surface area contributed by atoms with Gasteiger partial charge in [0.15, 0.2) is 0 Å². The van der Waals surface area contributed by atoms with Crippen LogP contribution in [0.15, 0.2) is 16.6 Å². The van der Waals surface area contributed by atoms with Crippen LogP contribution in [0.1, 0.15) is 38.3 Å². The van der Waals surface area contributed by atoms with Crippen molar-refractivity contribution in [2.75, 3.05) is 14.2 Å². The third kappa shape index (κ3) is 5.21. The van der Waals surface area contributed by atoms with Crippen molar-refractivity contribution in [2.45, 2.75) is 32.7 Å². The lowest BCUT2D eigenvalue weighted by atomic mass is 9.97. The second-order valence-corrected chi connectivity index (χ2v) is 5.66. The molecular formula is C14H23BrClNO2. The maximum Gasteiger partial charge on any atom is 0.133 e. The second-order valence-electron chi connectivity index (χ2n) is 4.81. The average Bonchev–Trinajstić information content (AvgIpc) is 2.35. The Bertz CT molecular complexity index is 399. The lowest BCUT2D eigenvalue weighted by Crippen LogP contribution is -2.13. The molecule has 2 N–H and O–H groups in total. The van der Waals surface area contributed by atoms with Crippen LogP contribution >= 0.6 is 28.3 Å². The van der Waals surface area contributed by atoms with Gasteiger partial charge in [0.05, 0.1) is 18.7 Å². The van der Waals surface area contributed by atoms with Crippen molar-refractivity contribution in [1.82, 2.24) is 0 Å². The molecule has 0 aliphatic rings. The molecule has 110 valence electrons. The van der Waals surface area contributed by atoms with Crippen LogP contribution in [0.25, 0.3) is 0 Å². The summed E-state index contributed by atoms with van der Waals surface area (Å²) in [6.07, 6.45) is 2.04. The van der Waals surface area contributed by atoms with E-state index in [1.54, 1.807) is 14.2 Å². The number of benzene rings is 1. The summed E-state index contributed by atoms with van der Waals surface area (Å²) in [5.74, 6) is 2.24. The van der Waals surface area contributed by atoms with E-state index in [4.69, 9.17) is 15.2 Å². The predicted octanol–water partition coefficient (Wildman–Crippen LogP) is 4.32. The van der Waals surface area contributed by atoms with Crippen molar-refractivity contribution >= 4 is 28.3 Å². The van der Waals surface area contributed by atoms with Gasteiger partial charge in [-0.25, -0.2) is 0 Å². The van der Waals surface area contributed by atoms with Crippen LogP contribution in [0.4, 0.5) is 0 Å². The van der Waals surface area contributed by atoms with Gasteiger partial charge in [0.25, 0.3) is 0 Å². The summed E-state index contributed by atoms with van der Waals surface area (Å²) in [7, 11) is 3.31. The molecular weight excluding hydrogens is 330 g/mol. The Morgan fingerprint density at radius 1 is 1.11 bits per heavy atom. The molecule has 0 spiro atoms. The van der Waals surface area contributed by atoms with Crippen molar-refractivity contribution in [1.29, 1.82) is 0 Å². The molecule has 1 rings (SSSR count). The van der Waals surface area contributed by atoms with E-state index in [0.717, 1.165) is 34.4 Å². The van der Waals surface area contributed by atoms with Crippen LogP contribution in [0, 0.1) is 5.92 Å². The highest BCUT2D eigenvalue weighted by Gasteiger charge is 2.16. The van der Waals surface area contributed by atoms with E-state index in [0.29, 0.717) is 5.92 Å². The zero-order chi connectivity index (χ0) is 13.7. The second kappa shape index (κ2) is 8.67. The van der Waals surface area contributed by atoms with Gasteiger partial charge in [-0.2, -0.15) is 0 Å². The normalized spacial score (nSPS) is 11.9. The van der Waals surface area contributed by atoms with Gasteiger partial charge < -0.3 is 15.2 Å². The minimum atomic E-state index is -0.0238. The van der Waals surface area contributed by atoms with Gasteiger partial charge in [-0.15, -0.1) is 12.4 Å². The first kappa shape index (κ1) is 18.6. The standard InChI is InChI=1S/C14H22BrNO2.ClH/c1-9(2)5-6-12(16)10-7-14(18-4)11(15)8-13(10)17-3;/h7-9,12H,5-6,16H2,1-4H3;1H/t12-;/m0./s1. The van der Waals surface area contributed by atoms with E-state index in [9.17, 15) is 0 Å². The lowest BCUT2D eigenvalue weighted by molar-refractivity contribution is 0.389. The molecule has 1 aromatic rings. The molecule has 0 saturated heterocycles. The molecule has 0 heterocycles. The highest BCUT2D eigenvalue weighted by Crippen LogP contribution is 2.36. The van der Waals surface area contributed by atoms with Crippen LogP contribution in [0.5, 0.6) is 11.5 Å². The predicted molar refractivity (Wildman–Crippen MR) is 85.5 cm³/mol. The van der Waals surface area contributed by atoms with Crippen molar-refractivity contribution < 1.29 is 9.47 Å². The Labute approximate surface area is 130 Å². The summed E-state index contributed by atoms with van der Waals surface area (Å²) in [4.78, 5) is 0. The van der Waals surface area contributed by atoms with Crippen molar-refractivity contribution in [3.63, 3.8) is 0 Å². The Morgan fingerprint density at radius 3 is 2.16 bits per heavy atom. The fourth-order valence-corrected chi connectivity index (χ4v) is 2.33. The van der Waals surface area contributed by atoms with Crippen molar-refractivity contribution in [2.24, 2.45) is 11.7 Å². The Balaban J connectivity index is 0.00000324. The van der Waals surface area contributed by atoms with Gasteiger partial charge in [-0.3, -0.25) is 0 Å². The van der Waals surface area contributed by atoms with Crippen molar-refractivity contribution in [3.05, 3.63) is 22.2 Å². The summed E-state index contributed by atoms with van der Waals surface area (Å²) in [6.45, 7) is 4.40. The van der Waals surface area contributed by atoms with Gasteiger partial charge in [-0.1, -0.05) is 13.8 Å². The molecule has 3 nitrogen and oxygen atoms in total. The van der Waals surface area contributed by atoms with Gasteiger partial charge in [-0.05, 0) is 46.8 Å². The molecule has 0 aromatic heterocycles. The van der Waals surface area contributed by atoms with E-state index in [2.05, 4.69) is 29.8 Å². The summed E-state index contributed by atoms with van der Waals surface area (Å²) < 4.78 is 11.6. The van der Waals surface area contributed by atoms with Crippen LogP contribution in [0.2, 0.25) is 0 Å². The molecule has 0 aliphatic carbocycles. The van der Waals surface area contributed by atoms with Gasteiger partial charge in [0.2, 0.25) is 0 Å². The summed E-state index contributed by atoms with van der Waals surface area (Å²) >= 11 is 3.45. The zero-order valence-corrected chi connectivity index (χ0v) is 14.3. The SMILES string of the molecule is COc1cc([C@@H](N)CCC(C)C)c(OC)cc1Br.Cl. The smallest absolute Gasteiger partial charge is 0.133 e. The fraction of sp³-hybridized carbons (Fsp3) is 0.571. The van der Waals surface area contributed by atoms with Gasteiger partial charge in [0, 0.05) is 11.6 Å². The first-order valence-electron chi connectivity index (χ1n) is 6.16. The van der Waals surface area contributed by atoms with Crippen LogP contribution in [-0.2, 0) is 0 Å². The summed E-state index contributed by atoms with van der Waals surface area (Å²) in [6, 6.07) is 3.83. The minimum Gasteiger partial charge on any atom is -0.496 e. The third-order valence-electron chi connectivity index (χ3n) is 2.96. The summed E-state index contributed by atoms with van der Waals surface area (Å²) in [5, 5.41) is 0. The average molecular weight is 353 g/mol. The summed E-state index contributed by atoms with van der Waals surface area (Å²) in [5.41, 5.74) is 7.24.